The first kappa shape index (κ1) is 33.0. The number of rotatable bonds is 9. The van der Waals surface area contributed by atoms with E-state index in [-0.39, 0.29) is 5.92 Å². The Labute approximate surface area is 315 Å². The standard InChI is InChI=1S/C52H38O2/c1-5-36(27-29-47-35(4)40-17-10-12-23-48(40)53-47)33(2)25-26-34(3)51-42-19-6-8-21-44(42)52(45-22-9-7-20-43(45)51)39-16-14-15-37(31-39)38-28-30-50-46(32-38)41-18-11-13-24-49(41)54-50/h5-32,36H,1-3H2,4H3/b26-25-,29-27-. The third-order valence-corrected chi connectivity index (χ3v) is 10.6. The van der Waals surface area contributed by atoms with Crippen molar-refractivity contribution >= 4 is 66.1 Å². The second-order valence-electron chi connectivity index (χ2n) is 13.9. The molecule has 7 aromatic carbocycles. The smallest absolute Gasteiger partial charge is 0.135 e. The van der Waals surface area contributed by atoms with E-state index >= 15 is 0 Å². The van der Waals surface area contributed by atoms with Gasteiger partial charge in [-0.3, -0.25) is 0 Å². The Bertz CT molecular complexity index is 2960. The molecule has 0 aliphatic rings. The van der Waals surface area contributed by atoms with Gasteiger partial charge in [-0.05, 0) is 104 Å². The number of benzene rings is 7. The number of allylic oxidation sites excluding steroid dienone is 6. The molecule has 0 amide bonds. The van der Waals surface area contributed by atoms with Crippen molar-refractivity contribution in [1.82, 2.24) is 0 Å². The van der Waals surface area contributed by atoms with Gasteiger partial charge in [0.2, 0.25) is 0 Å². The largest absolute Gasteiger partial charge is 0.456 e. The van der Waals surface area contributed by atoms with Gasteiger partial charge in [-0.1, -0.05) is 147 Å². The molecule has 0 aliphatic heterocycles. The number of para-hydroxylation sites is 2. The monoisotopic (exact) mass is 694 g/mol. The van der Waals surface area contributed by atoms with Crippen LogP contribution in [0.4, 0.5) is 0 Å². The quantitative estimate of drug-likeness (QED) is 0.0854. The molecule has 2 heterocycles. The Morgan fingerprint density at radius 3 is 1.80 bits per heavy atom. The summed E-state index contributed by atoms with van der Waals surface area (Å²) in [5.41, 5.74) is 11.5. The molecule has 9 rings (SSSR count). The Kier molecular flexibility index (Phi) is 8.29. The maximum absolute atomic E-state index is 6.12. The van der Waals surface area contributed by atoms with E-state index in [1.807, 2.05) is 42.5 Å². The highest BCUT2D eigenvalue weighted by Gasteiger charge is 2.17. The summed E-state index contributed by atoms with van der Waals surface area (Å²) in [6, 6.07) is 49.0. The van der Waals surface area contributed by atoms with Crippen molar-refractivity contribution in [3.63, 3.8) is 0 Å². The molecule has 0 N–H and O–H groups in total. The Hall–Kier alpha value is -6.90. The molecule has 258 valence electrons. The van der Waals surface area contributed by atoms with Crippen LogP contribution in [-0.2, 0) is 0 Å². The van der Waals surface area contributed by atoms with Crippen LogP contribution in [0.25, 0.3) is 88.4 Å². The third-order valence-electron chi connectivity index (χ3n) is 10.6. The highest BCUT2D eigenvalue weighted by molar-refractivity contribution is 6.19. The zero-order valence-corrected chi connectivity index (χ0v) is 30.2. The third kappa shape index (κ3) is 5.70. The van der Waals surface area contributed by atoms with Crippen LogP contribution < -0.4 is 0 Å². The minimum Gasteiger partial charge on any atom is -0.456 e. The minimum absolute atomic E-state index is 0.0715. The second-order valence-corrected chi connectivity index (χ2v) is 13.9. The summed E-state index contributed by atoms with van der Waals surface area (Å²) in [4.78, 5) is 0. The molecule has 2 nitrogen and oxygen atoms in total. The van der Waals surface area contributed by atoms with Crippen molar-refractivity contribution in [1.29, 1.82) is 0 Å². The van der Waals surface area contributed by atoms with Gasteiger partial charge in [0.15, 0.2) is 0 Å². The van der Waals surface area contributed by atoms with Gasteiger partial charge < -0.3 is 8.83 Å². The molecule has 2 aromatic heterocycles. The Morgan fingerprint density at radius 1 is 0.537 bits per heavy atom. The fraction of sp³-hybridized carbons (Fsp3) is 0.0385. The molecule has 0 radical (unpaired) electrons. The average Bonchev–Trinajstić information content (AvgIpc) is 3.75. The number of hydrogen-bond donors (Lipinski definition) is 0. The first-order valence-electron chi connectivity index (χ1n) is 18.3. The normalized spacial score (nSPS) is 12.5. The van der Waals surface area contributed by atoms with Crippen LogP contribution in [0.2, 0.25) is 0 Å². The van der Waals surface area contributed by atoms with Gasteiger partial charge in [0.1, 0.15) is 22.5 Å². The molecule has 0 saturated carbocycles. The minimum atomic E-state index is -0.0715. The maximum atomic E-state index is 6.12. The van der Waals surface area contributed by atoms with Gasteiger partial charge in [-0.25, -0.2) is 0 Å². The van der Waals surface area contributed by atoms with E-state index in [0.717, 1.165) is 82.8 Å². The molecular formula is C52H38O2. The molecule has 54 heavy (non-hydrogen) atoms. The lowest BCUT2D eigenvalue weighted by Crippen LogP contribution is -1.94. The Morgan fingerprint density at radius 2 is 1.11 bits per heavy atom. The van der Waals surface area contributed by atoms with Crippen molar-refractivity contribution in [3.8, 4) is 22.3 Å². The van der Waals surface area contributed by atoms with E-state index < -0.39 is 0 Å². The molecule has 9 aromatic rings. The maximum Gasteiger partial charge on any atom is 0.135 e. The number of aryl methyl sites for hydroxylation is 1. The summed E-state index contributed by atoms with van der Waals surface area (Å²) in [6.07, 6.45) is 10.2. The molecule has 0 saturated heterocycles. The molecule has 1 unspecified atom stereocenters. The zero-order valence-electron chi connectivity index (χ0n) is 30.2. The first-order chi connectivity index (χ1) is 26.5. The van der Waals surface area contributed by atoms with E-state index in [0.29, 0.717) is 0 Å². The van der Waals surface area contributed by atoms with Crippen molar-refractivity contribution < 1.29 is 8.83 Å². The van der Waals surface area contributed by atoms with Gasteiger partial charge in [-0.15, -0.1) is 6.58 Å². The van der Waals surface area contributed by atoms with Crippen molar-refractivity contribution in [2.24, 2.45) is 5.92 Å². The first-order valence-corrected chi connectivity index (χ1v) is 18.3. The molecule has 1 atom stereocenters. The highest BCUT2D eigenvalue weighted by atomic mass is 16.3. The summed E-state index contributed by atoms with van der Waals surface area (Å²) in [7, 11) is 0. The molecule has 0 aliphatic carbocycles. The van der Waals surface area contributed by atoms with Gasteiger partial charge in [0, 0.05) is 27.6 Å². The molecule has 2 heteroatoms. The molecule has 0 bridgehead atoms. The van der Waals surface area contributed by atoms with Gasteiger partial charge in [-0.2, -0.15) is 0 Å². The molecular weight excluding hydrogens is 657 g/mol. The lowest BCUT2D eigenvalue weighted by Gasteiger charge is -2.18. The second kappa shape index (κ2) is 13.6. The summed E-state index contributed by atoms with van der Waals surface area (Å²) in [5.74, 6) is 0.776. The zero-order chi connectivity index (χ0) is 36.8. The number of furan rings is 2. The molecule has 0 spiro atoms. The Balaban J connectivity index is 1.08. The van der Waals surface area contributed by atoms with E-state index in [4.69, 9.17) is 8.83 Å². The van der Waals surface area contributed by atoms with Crippen molar-refractivity contribution in [3.05, 3.63) is 206 Å². The summed E-state index contributed by atoms with van der Waals surface area (Å²) < 4.78 is 12.2. The van der Waals surface area contributed by atoms with Crippen LogP contribution in [0, 0.1) is 12.8 Å². The van der Waals surface area contributed by atoms with E-state index in [2.05, 4.69) is 154 Å². The van der Waals surface area contributed by atoms with Crippen LogP contribution in [-0.4, -0.2) is 0 Å². The van der Waals surface area contributed by atoms with Crippen LogP contribution in [0.1, 0.15) is 16.9 Å². The average molecular weight is 695 g/mol. The number of hydrogen-bond acceptors (Lipinski definition) is 2. The summed E-state index contributed by atoms with van der Waals surface area (Å²) in [6.45, 7) is 15.2. The predicted octanol–water partition coefficient (Wildman–Crippen LogP) is 14.9. The summed E-state index contributed by atoms with van der Waals surface area (Å²) in [5, 5.41) is 8.06. The van der Waals surface area contributed by atoms with Crippen molar-refractivity contribution in [2.75, 3.05) is 0 Å². The molecule has 0 fully saturated rings. The number of fused-ring (bicyclic) bond motifs is 6. The highest BCUT2D eigenvalue weighted by Crippen LogP contribution is 2.43. The summed E-state index contributed by atoms with van der Waals surface area (Å²) >= 11 is 0. The fourth-order valence-corrected chi connectivity index (χ4v) is 7.84. The van der Waals surface area contributed by atoms with Crippen LogP contribution in [0.15, 0.2) is 198 Å². The van der Waals surface area contributed by atoms with E-state index in [9.17, 15) is 0 Å². The van der Waals surface area contributed by atoms with E-state index in [1.165, 1.54) is 21.9 Å². The van der Waals surface area contributed by atoms with Gasteiger partial charge in [0.05, 0.1) is 0 Å². The lowest BCUT2D eigenvalue weighted by molar-refractivity contribution is 0.601. The van der Waals surface area contributed by atoms with Crippen LogP contribution in [0.3, 0.4) is 0 Å². The van der Waals surface area contributed by atoms with Crippen LogP contribution >= 0.6 is 0 Å². The van der Waals surface area contributed by atoms with Gasteiger partial charge in [0.25, 0.3) is 0 Å². The van der Waals surface area contributed by atoms with E-state index in [1.54, 1.807) is 0 Å². The van der Waals surface area contributed by atoms with Crippen molar-refractivity contribution in [2.45, 2.75) is 6.92 Å². The van der Waals surface area contributed by atoms with Gasteiger partial charge >= 0.3 is 0 Å². The van der Waals surface area contributed by atoms with Crippen LogP contribution in [0.5, 0.6) is 0 Å². The predicted molar refractivity (Wildman–Crippen MR) is 231 cm³/mol. The topological polar surface area (TPSA) is 26.3 Å². The fourth-order valence-electron chi connectivity index (χ4n) is 7.84. The lowest BCUT2D eigenvalue weighted by atomic mass is 9.85. The SMILES string of the molecule is C=CC(/C=C\c1oc2ccccc2c1C)C(=C)/C=C\C(=C)c1c2ccccc2c(-c2cccc(-c3ccc4oc5ccccc5c4c3)c2)c2ccccc12.